The van der Waals surface area contributed by atoms with Gasteiger partial charge in [-0.15, -0.1) is 0 Å². The smallest absolute Gasteiger partial charge is 0.0577 e. The van der Waals surface area contributed by atoms with Crippen molar-refractivity contribution in [1.82, 2.24) is 5.32 Å². The van der Waals surface area contributed by atoms with Crippen molar-refractivity contribution in [2.24, 2.45) is 0 Å². The Bertz CT molecular complexity index is 554. The zero-order valence-electron chi connectivity index (χ0n) is 10.4. The fourth-order valence-corrected chi connectivity index (χ4v) is 2.63. The maximum Gasteiger partial charge on any atom is 0.0577 e. The Hall–Kier alpha value is -0.580. The Morgan fingerprint density at radius 3 is 2.50 bits per heavy atom. The summed E-state index contributed by atoms with van der Waals surface area (Å²) in [5, 5.41) is 4.17. The molecule has 0 fully saturated rings. The lowest BCUT2D eigenvalue weighted by Crippen LogP contribution is -2.18. The van der Waals surface area contributed by atoms with E-state index in [9.17, 15) is 0 Å². The Morgan fingerprint density at radius 1 is 1.17 bits per heavy atom. The van der Waals surface area contributed by atoms with Gasteiger partial charge in [0.1, 0.15) is 0 Å². The van der Waals surface area contributed by atoms with Gasteiger partial charge < -0.3 is 5.32 Å². The summed E-state index contributed by atoms with van der Waals surface area (Å²) in [6.07, 6.45) is 0. The third-order valence-corrected chi connectivity index (χ3v) is 4.64. The molecule has 0 saturated heterocycles. The van der Waals surface area contributed by atoms with Gasteiger partial charge >= 0.3 is 0 Å². The molecule has 0 radical (unpaired) electrons. The van der Waals surface area contributed by atoms with Gasteiger partial charge in [-0.2, -0.15) is 0 Å². The first-order valence-electron chi connectivity index (χ1n) is 5.81. The van der Waals surface area contributed by atoms with Crippen molar-refractivity contribution < 1.29 is 0 Å². The summed E-state index contributed by atoms with van der Waals surface area (Å²) in [6, 6.07) is 14.8. The molecule has 0 amide bonds. The van der Waals surface area contributed by atoms with Gasteiger partial charge in [-0.25, -0.2) is 0 Å². The summed E-state index contributed by atoms with van der Waals surface area (Å²) < 4.78 is 1.08. The summed E-state index contributed by atoms with van der Waals surface area (Å²) >= 11 is 8.45. The molecule has 0 aliphatic carbocycles. The highest BCUT2D eigenvalue weighted by atomic mass is 127. The summed E-state index contributed by atoms with van der Waals surface area (Å²) in [6.45, 7) is 2.13. The Morgan fingerprint density at radius 2 is 1.89 bits per heavy atom. The number of hydrogen-bond donors (Lipinski definition) is 1. The normalized spacial score (nSPS) is 12.4. The molecular formula is C15H15ClIN. The van der Waals surface area contributed by atoms with E-state index in [1.54, 1.807) is 0 Å². The number of hydrogen-bond acceptors (Lipinski definition) is 1. The second-order valence-electron chi connectivity index (χ2n) is 4.25. The van der Waals surface area contributed by atoms with Crippen LogP contribution in [-0.2, 0) is 0 Å². The molecule has 0 aliphatic rings. The van der Waals surface area contributed by atoms with Gasteiger partial charge in [0, 0.05) is 3.57 Å². The fraction of sp³-hybridized carbons (Fsp3) is 0.200. The first-order chi connectivity index (χ1) is 8.63. The third kappa shape index (κ3) is 2.87. The monoisotopic (exact) mass is 371 g/mol. The van der Waals surface area contributed by atoms with Crippen LogP contribution in [0.5, 0.6) is 0 Å². The first-order valence-corrected chi connectivity index (χ1v) is 7.27. The van der Waals surface area contributed by atoms with Crippen molar-refractivity contribution in [2.45, 2.75) is 13.0 Å². The van der Waals surface area contributed by atoms with Crippen molar-refractivity contribution >= 4 is 34.2 Å². The Kier molecular flexibility index (Phi) is 4.65. The topological polar surface area (TPSA) is 12.0 Å². The number of aryl methyl sites for hydroxylation is 1. The molecule has 0 bridgehead atoms. The highest BCUT2D eigenvalue weighted by Crippen LogP contribution is 2.28. The molecule has 2 aromatic carbocycles. The predicted octanol–water partition coefficient (Wildman–Crippen LogP) is 4.56. The standard InChI is InChI=1S/C15H15ClIN/c1-10-5-3-4-6-12(10)15(18-2)11-7-8-14(17)13(16)9-11/h3-9,15,18H,1-2H3. The van der Waals surface area contributed by atoms with Gasteiger partial charge in [0.05, 0.1) is 11.1 Å². The van der Waals surface area contributed by atoms with E-state index in [2.05, 4.69) is 71.2 Å². The summed E-state index contributed by atoms with van der Waals surface area (Å²) in [5.41, 5.74) is 3.76. The van der Waals surface area contributed by atoms with Crippen LogP contribution in [0.3, 0.4) is 0 Å². The molecule has 0 aliphatic heterocycles. The van der Waals surface area contributed by atoms with Gasteiger partial charge in [-0.1, -0.05) is 41.9 Å². The molecule has 3 heteroatoms. The van der Waals surface area contributed by atoms with E-state index in [0.717, 1.165) is 8.59 Å². The van der Waals surface area contributed by atoms with E-state index in [-0.39, 0.29) is 6.04 Å². The van der Waals surface area contributed by atoms with E-state index >= 15 is 0 Å². The van der Waals surface area contributed by atoms with Crippen LogP contribution in [0.25, 0.3) is 0 Å². The molecule has 1 nitrogen and oxygen atoms in total. The van der Waals surface area contributed by atoms with Crippen LogP contribution in [0, 0.1) is 10.5 Å². The maximum absolute atomic E-state index is 6.21. The molecule has 0 spiro atoms. The zero-order chi connectivity index (χ0) is 13.1. The van der Waals surface area contributed by atoms with Crippen LogP contribution in [0.4, 0.5) is 0 Å². The fourth-order valence-electron chi connectivity index (χ4n) is 2.10. The number of halogens is 2. The molecule has 1 N–H and O–H groups in total. The van der Waals surface area contributed by atoms with Crippen LogP contribution in [-0.4, -0.2) is 7.05 Å². The lowest BCUT2D eigenvalue weighted by molar-refractivity contribution is 0.687. The lowest BCUT2D eigenvalue weighted by Gasteiger charge is -2.19. The molecule has 0 aromatic heterocycles. The number of nitrogens with one attached hydrogen (secondary N) is 1. The third-order valence-electron chi connectivity index (χ3n) is 3.07. The van der Waals surface area contributed by atoms with Gasteiger partial charge in [0.15, 0.2) is 0 Å². The van der Waals surface area contributed by atoms with Crippen molar-refractivity contribution in [1.29, 1.82) is 0 Å². The predicted molar refractivity (Wildman–Crippen MR) is 86.3 cm³/mol. The van der Waals surface area contributed by atoms with E-state index < -0.39 is 0 Å². The first kappa shape index (κ1) is 13.8. The Balaban J connectivity index is 2.45. The maximum atomic E-state index is 6.21. The van der Waals surface area contributed by atoms with Crippen LogP contribution < -0.4 is 5.32 Å². The quantitative estimate of drug-likeness (QED) is 0.780. The van der Waals surface area contributed by atoms with Gasteiger partial charge in [-0.3, -0.25) is 0 Å². The zero-order valence-corrected chi connectivity index (χ0v) is 13.3. The molecule has 94 valence electrons. The summed E-state index contributed by atoms with van der Waals surface area (Å²) in [7, 11) is 1.98. The molecule has 1 atom stereocenters. The van der Waals surface area contributed by atoms with E-state index in [1.165, 1.54) is 16.7 Å². The SMILES string of the molecule is CNC(c1ccc(I)c(Cl)c1)c1ccccc1C. The number of benzene rings is 2. The van der Waals surface area contributed by atoms with Crippen LogP contribution in [0.15, 0.2) is 42.5 Å². The second-order valence-corrected chi connectivity index (χ2v) is 5.82. The molecule has 0 saturated carbocycles. The minimum absolute atomic E-state index is 0.181. The van der Waals surface area contributed by atoms with Crippen LogP contribution >= 0.6 is 34.2 Å². The minimum atomic E-state index is 0.181. The summed E-state index contributed by atoms with van der Waals surface area (Å²) in [4.78, 5) is 0. The summed E-state index contributed by atoms with van der Waals surface area (Å²) in [5.74, 6) is 0. The molecular weight excluding hydrogens is 357 g/mol. The molecule has 1 unspecified atom stereocenters. The van der Waals surface area contributed by atoms with Crippen molar-refractivity contribution in [3.05, 3.63) is 67.7 Å². The largest absolute Gasteiger partial charge is 0.309 e. The van der Waals surface area contributed by atoms with Crippen LogP contribution in [0.1, 0.15) is 22.7 Å². The average molecular weight is 372 g/mol. The number of rotatable bonds is 3. The van der Waals surface area contributed by atoms with Gasteiger partial charge in [0.2, 0.25) is 0 Å². The van der Waals surface area contributed by atoms with Crippen LogP contribution in [0.2, 0.25) is 5.02 Å². The highest BCUT2D eigenvalue weighted by Gasteiger charge is 2.14. The highest BCUT2D eigenvalue weighted by molar-refractivity contribution is 14.1. The average Bonchev–Trinajstić information content (AvgIpc) is 2.37. The van der Waals surface area contributed by atoms with E-state index in [0.29, 0.717) is 0 Å². The Labute approximate surface area is 127 Å². The van der Waals surface area contributed by atoms with E-state index in [4.69, 9.17) is 11.6 Å². The van der Waals surface area contributed by atoms with Crippen molar-refractivity contribution in [3.8, 4) is 0 Å². The molecule has 18 heavy (non-hydrogen) atoms. The molecule has 0 heterocycles. The van der Waals surface area contributed by atoms with Crippen molar-refractivity contribution in [2.75, 3.05) is 7.05 Å². The van der Waals surface area contributed by atoms with Gasteiger partial charge in [-0.05, 0) is 65.4 Å². The van der Waals surface area contributed by atoms with Crippen molar-refractivity contribution in [3.63, 3.8) is 0 Å². The van der Waals surface area contributed by atoms with E-state index in [1.807, 2.05) is 13.1 Å². The molecule has 2 rings (SSSR count). The second kappa shape index (κ2) is 6.04. The van der Waals surface area contributed by atoms with Gasteiger partial charge in [0.25, 0.3) is 0 Å². The molecule has 2 aromatic rings. The minimum Gasteiger partial charge on any atom is -0.309 e. The lowest BCUT2D eigenvalue weighted by atomic mass is 9.95.